The van der Waals surface area contributed by atoms with E-state index in [4.69, 9.17) is 0 Å². The van der Waals surface area contributed by atoms with Gasteiger partial charge in [0.15, 0.2) is 5.82 Å². The topological polar surface area (TPSA) is 39.2 Å². The molecule has 0 saturated heterocycles. The van der Waals surface area contributed by atoms with Gasteiger partial charge in [0.2, 0.25) is 0 Å². The quantitative estimate of drug-likeness (QED) is 0.636. The first kappa shape index (κ1) is 13.0. The van der Waals surface area contributed by atoms with Crippen molar-refractivity contribution in [2.24, 2.45) is 0 Å². The Balaban J connectivity index is 3.24. The molecule has 0 atom stereocenters. The van der Waals surface area contributed by atoms with E-state index in [-0.39, 0.29) is 11.2 Å². The fourth-order valence-electron chi connectivity index (χ4n) is 1.02. The van der Waals surface area contributed by atoms with Gasteiger partial charge in [-0.3, -0.25) is 0 Å². The zero-order valence-corrected chi connectivity index (χ0v) is 9.72. The number of carbonyl (C=O) groups excluding carboxylic acids is 1. The van der Waals surface area contributed by atoms with Crippen LogP contribution in [0.2, 0.25) is 0 Å². The maximum atomic E-state index is 13.4. The minimum absolute atomic E-state index is 0.0300. The number of hydrogen-bond donors (Lipinski definition) is 0. The predicted molar refractivity (Wildman–Crippen MR) is 52.8 cm³/mol. The lowest BCUT2D eigenvalue weighted by atomic mass is 10.2. The molecule has 0 unspecified atom stereocenters. The summed E-state index contributed by atoms with van der Waals surface area (Å²) < 4.78 is 42.6. The molecule has 0 bridgehead atoms. The third-order valence-corrected chi connectivity index (χ3v) is 2.06. The lowest BCUT2D eigenvalue weighted by Crippen LogP contribution is -2.11. The van der Waals surface area contributed by atoms with Gasteiger partial charge in [0.1, 0.15) is 15.9 Å². The van der Waals surface area contributed by atoms with Crippen LogP contribution in [0.1, 0.15) is 29.4 Å². The highest BCUT2D eigenvalue weighted by atomic mass is 79.9. The largest absolute Gasteiger partial charge is 0.462 e. The second-order valence-corrected chi connectivity index (χ2v) is 3.53. The van der Waals surface area contributed by atoms with E-state index >= 15 is 0 Å². The summed E-state index contributed by atoms with van der Waals surface area (Å²) in [5.74, 6) is -2.35. The fraction of sp³-hybridized carbons (Fsp3) is 0.333. The van der Waals surface area contributed by atoms with Gasteiger partial charge in [-0.05, 0) is 28.9 Å². The molecule has 16 heavy (non-hydrogen) atoms. The van der Waals surface area contributed by atoms with E-state index in [0.29, 0.717) is 0 Å². The molecule has 7 heteroatoms. The van der Waals surface area contributed by atoms with Gasteiger partial charge in [-0.15, -0.1) is 0 Å². The first-order valence-corrected chi connectivity index (χ1v) is 5.07. The van der Waals surface area contributed by atoms with E-state index in [9.17, 15) is 18.0 Å². The SMILES string of the molecule is CCOC(=O)c1cc(Br)nc(C(F)F)c1F. The second-order valence-electron chi connectivity index (χ2n) is 2.71. The summed E-state index contributed by atoms with van der Waals surface area (Å²) in [5.41, 5.74) is -1.63. The monoisotopic (exact) mass is 297 g/mol. The molecule has 88 valence electrons. The summed E-state index contributed by atoms with van der Waals surface area (Å²) in [7, 11) is 0. The van der Waals surface area contributed by atoms with Crippen LogP contribution in [0.15, 0.2) is 10.7 Å². The Morgan fingerprint density at radius 1 is 1.62 bits per heavy atom. The molecule has 1 heterocycles. The molecule has 0 aromatic carbocycles. The van der Waals surface area contributed by atoms with E-state index < -0.39 is 29.5 Å². The zero-order chi connectivity index (χ0) is 12.3. The van der Waals surface area contributed by atoms with Gasteiger partial charge in [-0.1, -0.05) is 0 Å². The number of hydrogen-bond acceptors (Lipinski definition) is 3. The van der Waals surface area contributed by atoms with Gasteiger partial charge < -0.3 is 4.74 Å². The number of esters is 1. The minimum Gasteiger partial charge on any atom is -0.462 e. The fourth-order valence-corrected chi connectivity index (χ4v) is 1.44. The maximum absolute atomic E-state index is 13.4. The predicted octanol–water partition coefficient (Wildman–Crippen LogP) is 3.10. The highest BCUT2D eigenvalue weighted by Gasteiger charge is 2.23. The molecule has 0 fully saturated rings. The summed E-state index contributed by atoms with van der Waals surface area (Å²) in [6.45, 7) is 1.56. The lowest BCUT2D eigenvalue weighted by molar-refractivity contribution is 0.0519. The van der Waals surface area contributed by atoms with E-state index in [0.717, 1.165) is 6.07 Å². The average Bonchev–Trinajstić information content (AvgIpc) is 2.20. The van der Waals surface area contributed by atoms with E-state index in [1.807, 2.05) is 0 Å². The zero-order valence-electron chi connectivity index (χ0n) is 8.14. The molecule has 0 aliphatic rings. The number of alkyl halides is 2. The first-order valence-electron chi connectivity index (χ1n) is 4.28. The second kappa shape index (κ2) is 5.29. The number of ether oxygens (including phenoxy) is 1. The summed E-state index contributed by atoms with van der Waals surface area (Å²) in [5, 5.41) is 0. The van der Waals surface area contributed by atoms with Gasteiger partial charge in [-0.25, -0.2) is 22.9 Å². The Hall–Kier alpha value is -1.11. The summed E-state index contributed by atoms with van der Waals surface area (Å²) in [4.78, 5) is 14.5. The summed E-state index contributed by atoms with van der Waals surface area (Å²) in [6.07, 6.45) is -3.09. The molecule has 0 aliphatic carbocycles. The van der Waals surface area contributed by atoms with Crippen molar-refractivity contribution >= 4 is 21.9 Å². The Morgan fingerprint density at radius 2 is 2.25 bits per heavy atom. The Labute approximate surface area is 97.8 Å². The summed E-state index contributed by atoms with van der Waals surface area (Å²) >= 11 is 2.82. The molecule has 1 aromatic rings. The van der Waals surface area contributed by atoms with Crippen LogP contribution in [0, 0.1) is 5.82 Å². The van der Waals surface area contributed by atoms with Crippen molar-refractivity contribution < 1.29 is 22.7 Å². The van der Waals surface area contributed by atoms with Crippen LogP contribution in [0.3, 0.4) is 0 Å². The molecular formula is C9H7BrF3NO2. The van der Waals surface area contributed by atoms with Gasteiger partial charge in [-0.2, -0.15) is 0 Å². The van der Waals surface area contributed by atoms with Crippen molar-refractivity contribution in [3.05, 3.63) is 27.7 Å². The number of aromatic nitrogens is 1. The molecule has 0 aliphatic heterocycles. The van der Waals surface area contributed by atoms with Gasteiger partial charge in [0.25, 0.3) is 6.43 Å². The van der Waals surface area contributed by atoms with Crippen LogP contribution in [0.5, 0.6) is 0 Å². The maximum Gasteiger partial charge on any atom is 0.341 e. The lowest BCUT2D eigenvalue weighted by Gasteiger charge is -2.07. The Kier molecular flexibility index (Phi) is 4.28. The number of rotatable bonds is 3. The van der Waals surface area contributed by atoms with Crippen LogP contribution < -0.4 is 0 Å². The number of pyridine rings is 1. The molecule has 0 amide bonds. The van der Waals surface area contributed by atoms with Gasteiger partial charge >= 0.3 is 5.97 Å². The summed E-state index contributed by atoms with van der Waals surface area (Å²) in [6, 6.07) is 0.999. The van der Waals surface area contributed by atoms with Crippen LogP contribution in [-0.2, 0) is 4.74 Å². The van der Waals surface area contributed by atoms with Crippen molar-refractivity contribution in [3.63, 3.8) is 0 Å². The van der Waals surface area contributed by atoms with E-state index in [1.54, 1.807) is 0 Å². The average molecular weight is 298 g/mol. The molecule has 0 N–H and O–H groups in total. The molecule has 0 radical (unpaired) electrons. The van der Waals surface area contributed by atoms with E-state index in [1.165, 1.54) is 6.92 Å². The number of carbonyl (C=O) groups is 1. The number of nitrogens with zero attached hydrogens (tertiary/aromatic N) is 1. The molecule has 0 saturated carbocycles. The van der Waals surface area contributed by atoms with Crippen LogP contribution >= 0.6 is 15.9 Å². The molecule has 0 spiro atoms. The molecule has 3 nitrogen and oxygen atoms in total. The van der Waals surface area contributed by atoms with Crippen molar-refractivity contribution in [2.45, 2.75) is 13.3 Å². The van der Waals surface area contributed by atoms with Crippen LogP contribution in [0.25, 0.3) is 0 Å². The smallest absolute Gasteiger partial charge is 0.341 e. The van der Waals surface area contributed by atoms with Crippen molar-refractivity contribution in [3.8, 4) is 0 Å². The first-order chi connectivity index (χ1) is 7.47. The van der Waals surface area contributed by atoms with Gasteiger partial charge in [0.05, 0.1) is 6.61 Å². The highest BCUT2D eigenvalue weighted by Crippen LogP contribution is 2.25. The Morgan fingerprint density at radius 3 is 2.75 bits per heavy atom. The standard InChI is InChI=1S/C9H7BrF3NO2/c1-2-16-9(15)4-3-5(10)14-7(6(4)11)8(12)13/h3,8H,2H2,1H3. The van der Waals surface area contributed by atoms with Crippen LogP contribution in [-0.4, -0.2) is 17.6 Å². The number of halogens is 4. The minimum atomic E-state index is -3.09. The normalized spacial score (nSPS) is 10.6. The van der Waals surface area contributed by atoms with Crippen molar-refractivity contribution in [2.75, 3.05) is 6.61 Å². The molecule has 1 aromatic heterocycles. The van der Waals surface area contributed by atoms with Gasteiger partial charge in [0, 0.05) is 0 Å². The molecular weight excluding hydrogens is 291 g/mol. The van der Waals surface area contributed by atoms with E-state index in [2.05, 4.69) is 25.7 Å². The Bertz CT molecular complexity index is 412. The molecule has 1 rings (SSSR count). The third kappa shape index (κ3) is 2.72. The highest BCUT2D eigenvalue weighted by molar-refractivity contribution is 9.10. The van der Waals surface area contributed by atoms with Crippen LogP contribution in [0.4, 0.5) is 13.2 Å². The van der Waals surface area contributed by atoms with Crippen molar-refractivity contribution in [1.82, 2.24) is 4.98 Å². The van der Waals surface area contributed by atoms with Crippen molar-refractivity contribution in [1.29, 1.82) is 0 Å². The third-order valence-electron chi connectivity index (χ3n) is 1.65.